The normalized spacial score (nSPS) is 11.9. The summed E-state index contributed by atoms with van der Waals surface area (Å²) in [6, 6.07) is 14.3. The Bertz CT molecular complexity index is 1710. The second-order valence-corrected chi connectivity index (χ2v) is 9.41. The van der Waals surface area contributed by atoms with E-state index in [0.717, 1.165) is 11.1 Å². The van der Waals surface area contributed by atoms with Crippen molar-refractivity contribution in [1.29, 1.82) is 0 Å². The standard InChI is InChI=1S/C31H30FN3O6/c1-38-21-6-8-26-23(13-21)24(14-27(35-26)17-10-28(39-2)30(41-4)29(11-17)40-3)31(37)34-20(16-36)9-18-15-33-25-7-5-19(32)12-22(18)25/h5-8,10-15,20,33,36H,9,16H2,1-4H3,(H,34,37)/t20-/m1/s1. The first-order valence-electron chi connectivity index (χ1n) is 12.9. The molecule has 10 heteroatoms. The highest BCUT2D eigenvalue weighted by molar-refractivity contribution is 6.07. The number of benzene rings is 3. The van der Waals surface area contributed by atoms with Crippen LogP contribution in [0.15, 0.2) is 60.8 Å². The van der Waals surface area contributed by atoms with Gasteiger partial charge in [-0.1, -0.05) is 0 Å². The van der Waals surface area contributed by atoms with Gasteiger partial charge < -0.3 is 34.4 Å². The van der Waals surface area contributed by atoms with Gasteiger partial charge in [0.1, 0.15) is 11.6 Å². The largest absolute Gasteiger partial charge is 0.497 e. The predicted molar refractivity (Wildman–Crippen MR) is 154 cm³/mol. The van der Waals surface area contributed by atoms with Crippen LogP contribution < -0.4 is 24.3 Å². The van der Waals surface area contributed by atoms with Gasteiger partial charge in [-0.15, -0.1) is 0 Å². The Morgan fingerprint density at radius 1 is 0.951 bits per heavy atom. The topological polar surface area (TPSA) is 115 Å². The minimum atomic E-state index is -0.636. The minimum absolute atomic E-state index is 0.289. The van der Waals surface area contributed by atoms with Crippen molar-refractivity contribution in [3.05, 3.63) is 77.7 Å². The number of halogens is 1. The van der Waals surface area contributed by atoms with E-state index in [9.17, 15) is 14.3 Å². The number of amides is 1. The van der Waals surface area contributed by atoms with Crippen molar-refractivity contribution >= 4 is 27.7 Å². The Kier molecular flexibility index (Phi) is 7.93. The van der Waals surface area contributed by atoms with Gasteiger partial charge in [0, 0.05) is 28.0 Å². The Balaban J connectivity index is 1.55. The molecule has 1 atom stereocenters. The van der Waals surface area contributed by atoms with Crippen LogP contribution >= 0.6 is 0 Å². The molecule has 2 heterocycles. The molecule has 41 heavy (non-hydrogen) atoms. The third-order valence-electron chi connectivity index (χ3n) is 6.97. The summed E-state index contributed by atoms with van der Waals surface area (Å²) in [7, 11) is 6.12. The van der Waals surface area contributed by atoms with Gasteiger partial charge in [0.2, 0.25) is 5.75 Å². The lowest BCUT2D eigenvalue weighted by molar-refractivity contribution is 0.0918. The van der Waals surface area contributed by atoms with Gasteiger partial charge in [0.05, 0.1) is 57.9 Å². The second-order valence-electron chi connectivity index (χ2n) is 9.41. The van der Waals surface area contributed by atoms with Crippen LogP contribution in [0.3, 0.4) is 0 Å². The Hall–Kier alpha value is -4.83. The van der Waals surface area contributed by atoms with Gasteiger partial charge in [0.15, 0.2) is 11.5 Å². The highest BCUT2D eigenvalue weighted by atomic mass is 19.1. The Morgan fingerprint density at radius 3 is 2.37 bits per heavy atom. The Morgan fingerprint density at radius 2 is 1.71 bits per heavy atom. The van der Waals surface area contributed by atoms with Crippen LogP contribution in [-0.4, -0.2) is 62.1 Å². The summed E-state index contributed by atoms with van der Waals surface area (Å²) in [5.74, 6) is 1.11. The number of nitrogens with one attached hydrogen (secondary N) is 2. The highest BCUT2D eigenvalue weighted by Crippen LogP contribution is 2.41. The molecule has 2 aromatic heterocycles. The molecule has 1 amide bonds. The molecular weight excluding hydrogens is 529 g/mol. The number of aliphatic hydroxyl groups is 1. The van der Waals surface area contributed by atoms with E-state index in [1.807, 2.05) is 0 Å². The number of fused-ring (bicyclic) bond motifs is 2. The highest BCUT2D eigenvalue weighted by Gasteiger charge is 2.21. The monoisotopic (exact) mass is 559 g/mol. The quantitative estimate of drug-likeness (QED) is 0.223. The zero-order chi connectivity index (χ0) is 29.1. The molecule has 9 nitrogen and oxygen atoms in total. The van der Waals surface area contributed by atoms with E-state index in [1.54, 1.807) is 55.8 Å². The number of rotatable bonds is 10. The fourth-order valence-corrected chi connectivity index (χ4v) is 4.91. The summed E-state index contributed by atoms with van der Waals surface area (Å²) in [6.45, 7) is -0.320. The summed E-state index contributed by atoms with van der Waals surface area (Å²) in [5.41, 5.74) is 3.59. The van der Waals surface area contributed by atoms with Gasteiger partial charge in [-0.2, -0.15) is 0 Å². The van der Waals surface area contributed by atoms with Crippen molar-refractivity contribution in [1.82, 2.24) is 15.3 Å². The van der Waals surface area contributed by atoms with Crippen molar-refractivity contribution in [2.45, 2.75) is 12.5 Å². The molecule has 0 spiro atoms. The molecule has 0 radical (unpaired) electrons. The number of pyridine rings is 1. The predicted octanol–water partition coefficient (Wildman–Crippen LogP) is 4.89. The third kappa shape index (κ3) is 5.46. The lowest BCUT2D eigenvalue weighted by atomic mass is 10.0. The number of aromatic nitrogens is 2. The van der Waals surface area contributed by atoms with Gasteiger partial charge in [-0.3, -0.25) is 4.79 Å². The van der Waals surface area contributed by atoms with E-state index in [-0.39, 0.29) is 18.8 Å². The van der Waals surface area contributed by atoms with Crippen LogP contribution in [-0.2, 0) is 6.42 Å². The number of aliphatic hydroxyl groups excluding tert-OH is 1. The number of methoxy groups -OCH3 is 4. The first-order chi connectivity index (χ1) is 19.9. The van der Waals surface area contributed by atoms with Gasteiger partial charge in [-0.05, 0) is 66.6 Å². The number of hydrogen-bond donors (Lipinski definition) is 3. The van der Waals surface area contributed by atoms with E-state index in [4.69, 9.17) is 23.9 Å². The van der Waals surface area contributed by atoms with Crippen molar-refractivity contribution in [3.8, 4) is 34.3 Å². The number of nitrogens with zero attached hydrogens (tertiary/aromatic N) is 1. The van der Waals surface area contributed by atoms with Gasteiger partial charge in [0.25, 0.3) is 5.91 Å². The average molecular weight is 560 g/mol. The molecule has 3 aromatic carbocycles. The molecule has 0 saturated carbocycles. The van der Waals surface area contributed by atoms with Crippen molar-refractivity contribution in [2.24, 2.45) is 0 Å². The number of carbonyl (C=O) groups excluding carboxylic acids is 1. The zero-order valence-corrected chi connectivity index (χ0v) is 23.1. The fraction of sp³-hybridized carbons (Fsp3) is 0.226. The summed E-state index contributed by atoms with van der Waals surface area (Å²) < 4.78 is 35.8. The van der Waals surface area contributed by atoms with Crippen LogP contribution in [0.25, 0.3) is 33.1 Å². The SMILES string of the molecule is COc1ccc2nc(-c3cc(OC)c(OC)c(OC)c3)cc(C(=O)N[C@@H](CO)Cc3c[nH]c4ccc(F)cc34)c2c1. The maximum atomic E-state index is 13.9. The molecular formula is C31H30FN3O6. The van der Waals surface area contributed by atoms with Crippen LogP contribution in [0, 0.1) is 5.82 Å². The number of H-pyrrole nitrogens is 1. The molecule has 0 aliphatic rings. The van der Waals surface area contributed by atoms with E-state index in [2.05, 4.69) is 10.3 Å². The maximum Gasteiger partial charge on any atom is 0.252 e. The number of ether oxygens (including phenoxy) is 4. The smallest absolute Gasteiger partial charge is 0.252 e. The van der Waals surface area contributed by atoms with E-state index >= 15 is 0 Å². The van der Waals surface area contributed by atoms with Crippen molar-refractivity contribution in [3.63, 3.8) is 0 Å². The summed E-state index contributed by atoms with van der Waals surface area (Å²) in [4.78, 5) is 21.7. The lowest BCUT2D eigenvalue weighted by Crippen LogP contribution is -2.39. The average Bonchev–Trinajstić information content (AvgIpc) is 3.40. The molecule has 212 valence electrons. The van der Waals surface area contributed by atoms with Crippen molar-refractivity contribution in [2.75, 3.05) is 35.0 Å². The third-order valence-corrected chi connectivity index (χ3v) is 6.97. The van der Waals surface area contributed by atoms with E-state index in [1.165, 1.54) is 33.5 Å². The molecule has 5 aromatic rings. The molecule has 0 aliphatic heterocycles. The lowest BCUT2D eigenvalue weighted by Gasteiger charge is -2.18. The summed E-state index contributed by atoms with van der Waals surface area (Å²) >= 11 is 0. The minimum Gasteiger partial charge on any atom is -0.497 e. The van der Waals surface area contributed by atoms with E-state index in [0.29, 0.717) is 56.1 Å². The zero-order valence-electron chi connectivity index (χ0n) is 23.1. The summed E-state index contributed by atoms with van der Waals surface area (Å²) in [6.07, 6.45) is 2.05. The molecule has 0 fully saturated rings. The first-order valence-corrected chi connectivity index (χ1v) is 12.9. The van der Waals surface area contributed by atoms with Crippen LogP contribution in [0.4, 0.5) is 4.39 Å². The van der Waals surface area contributed by atoms with Gasteiger partial charge >= 0.3 is 0 Å². The number of aromatic amines is 1. The fourth-order valence-electron chi connectivity index (χ4n) is 4.91. The number of carbonyl (C=O) groups is 1. The van der Waals surface area contributed by atoms with Gasteiger partial charge in [-0.25, -0.2) is 9.37 Å². The maximum absolute atomic E-state index is 13.9. The molecule has 5 rings (SSSR count). The van der Waals surface area contributed by atoms with Crippen LogP contribution in [0.5, 0.6) is 23.0 Å². The Labute approximate surface area is 235 Å². The van der Waals surface area contributed by atoms with Crippen molar-refractivity contribution < 1.29 is 33.2 Å². The van der Waals surface area contributed by atoms with Crippen LogP contribution in [0.1, 0.15) is 15.9 Å². The molecule has 0 aliphatic carbocycles. The first kappa shape index (κ1) is 27.7. The second kappa shape index (κ2) is 11.7. The molecule has 3 N–H and O–H groups in total. The molecule has 0 saturated heterocycles. The summed E-state index contributed by atoms with van der Waals surface area (Å²) in [5, 5.41) is 14.4. The molecule has 0 unspecified atom stereocenters. The van der Waals surface area contributed by atoms with E-state index < -0.39 is 11.9 Å². The molecule has 0 bridgehead atoms. The number of hydrogen-bond acceptors (Lipinski definition) is 7. The van der Waals surface area contributed by atoms with Crippen LogP contribution in [0.2, 0.25) is 0 Å².